The number of hydrogen-bond donors (Lipinski definition) is 0. The molecular weight excluding hydrogens is 388 g/mol. The van der Waals surface area contributed by atoms with Crippen molar-refractivity contribution in [3.8, 4) is 33.8 Å². The molecule has 0 unspecified atom stereocenters. The van der Waals surface area contributed by atoms with Crippen molar-refractivity contribution in [2.24, 2.45) is 0 Å². The van der Waals surface area contributed by atoms with E-state index < -0.39 is 0 Å². The van der Waals surface area contributed by atoms with E-state index in [1.807, 2.05) is 12.3 Å². The predicted molar refractivity (Wildman–Crippen MR) is 136 cm³/mol. The molecule has 0 aliphatic carbocycles. The lowest BCUT2D eigenvalue weighted by molar-refractivity contribution is 0.589. The number of pyridine rings is 2. The lowest BCUT2D eigenvalue weighted by Gasteiger charge is -2.21. The van der Waals surface area contributed by atoms with Gasteiger partial charge in [0.15, 0.2) is 0 Å². The number of rotatable bonds is 3. The lowest BCUT2D eigenvalue weighted by atomic mass is 9.85. The van der Waals surface area contributed by atoms with E-state index in [-0.39, 0.29) is 10.8 Å². The summed E-state index contributed by atoms with van der Waals surface area (Å²) in [6.07, 6.45) is 1.91. The SMILES string of the molecule is CC(C)(C)c1ccnc(-c2cccc(-c3cc(C(C)(C)C)cc(-c4ccccc4)n3)c2)c1. The molecule has 0 bridgehead atoms. The van der Waals surface area contributed by atoms with Crippen LogP contribution in [0.3, 0.4) is 0 Å². The minimum Gasteiger partial charge on any atom is -0.256 e. The highest BCUT2D eigenvalue weighted by Crippen LogP contribution is 2.33. The van der Waals surface area contributed by atoms with Crippen LogP contribution < -0.4 is 0 Å². The monoisotopic (exact) mass is 420 g/mol. The Morgan fingerprint density at radius 2 is 1.03 bits per heavy atom. The normalized spacial score (nSPS) is 12.1. The molecule has 0 aliphatic rings. The van der Waals surface area contributed by atoms with Crippen LogP contribution in [0.25, 0.3) is 33.8 Å². The Labute approximate surface area is 192 Å². The zero-order chi connectivity index (χ0) is 22.9. The maximum absolute atomic E-state index is 5.06. The van der Waals surface area contributed by atoms with Crippen LogP contribution in [-0.4, -0.2) is 9.97 Å². The van der Waals surface area contributed by atoms with Gasteiger partial charge in [0.25, 0.3) is 0 Å². The van der Waals surface area contributed by atoms with E-state index in [0.717, 1.165) is 33.8 Å². The molecule has 0 fully saturated rings. The van der Waals surface area contributed by atoms with Crippen molar-refractivity contribution in [1.29, 1.82) is 0 Å². The van der Waals surface area contributed by atoms with E-state index in [4.69, 9.17) is 4.98 Å². The molecule has 32 heavy (non-hydrogen) atoms. The first-order valence-electron chi connectivity index (χ1n) is 11.3. The summed E-state index contributed by atoms with van der Waals surface area (Å²) in [4.78, 5) is 9.72. The largest absolute Gasteiger partial charge is 0.256 e. The molecule has 0 saturated heterocycles. The standard InChI is InChI=1S/C30H32N2/c1-29(2,3)24-15-16-31-26(18-24)22-13-10-14-23(17-22)28-20-25(30(4,5)6)19-27(32-28)21-11-8-7-9-12-21/h7-20H,1-6H3. The summed E-state index contributed by atoms with van der Waals surface area (Å²) in [5.41, 5.74) is 9.02. The van der Waals surface area contributed by atoms with E-state index in [9.17, 15) is 0 Å². The van der Waals surface area contributed by atoms with Gasteiger partial charge in [0.05, 0.1) is 17.1 Å². The van der Waals surface area contributed by atoms with Gasteiger partial charge in [-0.1, -0.05) is 90.1 Å². The Hall–Kier alpha value is -3.26. The van der Waals surface area contributed by atoms with Crippen LogP contribution in [0.4, 0.5) is 0 Å². The lowest BCUT2D eigenvalue weighted by Crippen LogP contribution is -2.12. The molecule has 0 radical (unpaired) electrons. The molecular formula is C30H32N2. The van der Waals surface area contributed by atoms with Crippen LogP contribution in [0.5, 0.6) is 0 Å². The second-order valence-corrected chi connectivity index (χ2v) is 10.5. The third-order valence-corrected chi connectivity index (χ3v) is 5.84. The molecule has 162 valence electrons. The van der Waals surface area contributed by atoms with Gasteiger partial charge in [-0.2, -0.15) is 0 Å². The molecule has 0 spiro atoms. The second kappa shape index (κ2) is 8.35. The summed E-state index contributed by atoms with van der Waals surface area (Å²) in [6.45, 7) is 13.4. The summed E-state index contributed by atoms with van der Waals surface area (Å²) in [7, 11) is 0. The van der Waals surface area contributed by atoms with Gasteiger partial charge in [-0.3, -0.25) is 4.98 Å². The molecule has 0 amide bonds. The third-order valence-electron chi connectivity index (χ3n) is 5.84. The Morgan fingerprint density at radius 3 is 1.66 bits per heavy atom. The minimum atomic E-state index is 0.0292. The fourth-order valence-corrected chi connectivity index (χ4v) is 3.76. The van der Waals surface area contributed by atoms with Crippen molar-refractivity contribution >= 4 is 0 Å². The first kappa shape index (κ1) is 22.0. The quantitative estimate of drug-likeness (QED) is 0.335. The molecule has 4 aromatic rings. The van der Waals surface area contributed by atoms with Crippen molar-refractivity contribution in [3.63, 3.8) is 0 Å². The summed E-state index contributed by atoms with van der Waals surface area (Å²) in [6, 6.07) is 27.7. The van der Waals surface area contributed by atoms with E-state index in [0.29, 0.717) is 0 Å². The van der Waals surface area contributed by atoms with Crippen LogP contribution in [0.2, 0.25) is 0 Å². The number of benzene rings is 2. The number of nitrogens with zero attached hydrogens (tertiary/aromatic N) is 2. The zero-order valence-corrected chi connectivity index (χ0v) is 20.0. The van der Waals surface area contributed by atoms with E-state index in [2.05, 4.69) is 119 Å². The van der Waals surface area contributed by atoms with Gasteiger partial charge >= 0.3 is 0 Å². The fraction of sp³-hybridized carbons (Fsp3) is 0.267. The van der Waals surface area contributed by atoms with Crippen LogP contribution in [-0.2, 0) is 10.8 Å². The summed E-state index contributed by atoms with van der Waals surface area (Å²) in [5.74, 6) is 0. The van der Waals surface area contributed by atoms with Gasteiger partial charge in [-0.05, 0) is 52.3 Å². The highest BCUT2D eigenvalue weighted by molar-refractivity contribution is 5.72. The maximum Gasteiger partial charge on any atom is 0.0712 e. The molecule has 2 heteroatoms. The Balaban J connectivity index is 1.83. The van der Waals surface area contributed by atoms with Crippen LogP contribution >= 0.6 is 0 Å². The molecule has 0 saturated carbocycles. The Morgan fingerprint density at radius 1 is 0.500 bits per heavy atom. The highest BCUT2D eigenvalue weighted by Gasteiger charge is 2.18. The minimum absolute atomic E-state index is 0.0292. The zero-order valence-electron chi connectivity index (χ0n) is 20.0. The summed E-state index contributed by atoms with van der Waals surface area (Å²) < 4.78 is 0. The van der Waals surface area contributed by atoms with Gasteiger partial charge in [-0.15, -0.1) is 0 Å². The van der Waals surface area contributed by atoms with Gasteiger partial charge in [0.1, 0.15) is 0 Å². The van der Waals surface area contributed by atoms with Crippen molar-refractivity contribution in [2.45, 2.75) is 52.4 Å². The predicted octanol–water partition coefficient (Wildman–Crippen LogP) is 8.07. The highest BCUT2D eigenvalue weighted by atomic mass is 14.7. The van der Waals surface area contributed by atoms with Crippen molar-refractivity contribution in [3.05, 3.63) is 96.2 Å². The topological polar surface area (TPSA) is 25.8 Å². The van der Waals surface area contributed by atoms with Gasteiger partial charge in [0.2, 0.25) is 0 Å². The first-order valence-corrected chi connectivity index (χ1v) is 11.3. The average Bonchev–Trinajstić information content (AvgIpc) is 2.78. The van der Waals surface area contributed by atoms with E-state index in [1.165, 1.54) is 11.1 Å². The van der Waals surface area contributed by atoms with Crippen LogP contribution in [0, 0.1) is 0 Å². The molecule has 2 heterocycles. The Kier molecular flexibility index (Phi) is 5.73. The molecule has 0 N–H and O–H groups in total. The molecule has 0 atom stereocenters. The van der Waals surface area contributed by atoms with E-state index in [1.54, 1.807) is 0 Å². The van der Waals surface area contributed by atoms with Crippen molar-refractivity contribution in [1.82, 2.24) is 9.97 Å². The molecule has 4 rings (SSSR count). The Bertz CT molecular complexity index is 1230. The summed E-state index contributed by atoms with van der Waals surface area (Å²) >= 11 is 0. The second-order valence-electron chi connectivity index (χ2n) is 10.5. The van der Waals surface area contributed by atoms with Gasteiger partial charge < -0.3 is 0 Å². The molecule has 0 aliphatic heterocycles. The van der Waals surface area contributed by atoms with Crippen molar-refractivity contribution < 1.29 is 0 Å². The van der Waals surface area contributed by atoms with E-state index >= 15 is 0 Å². The van der Waals surface area contributed by atoms with Crippen LogP contribution in [0.15, 0.2) is 85.1 Å². The molecule has 2 nitrogen and oxygen atoms in total. The van der Waals surface area contributed by atoms with Gasteiger partial charge in [-0.25, -0.2) is 4.98 Å². The summed E-state index contributed by atoms with van der Waals surface area (Å²) in [5, 5.41) is 0. The fourth-order valence-electron chi connectivity index (χ4n) is 3.76. The smallest absolute Gasteiger partial charge is 0.0712 e. The maximum atomic E-state index is 5.06. The van der Waals surface area contributed by atoms with Gasteiger partial charge in [0, 0.05) is 22.9 Å². The first-order chi connectivity index (χ1) is 15.1. The van der Waals surface area contributed by atoms with Crippen molar-refractivity contribution in [2.75, 3.05) is 0 Å². The number of hydrogen-bond acceptors (Lipinski definition) is 2. The molecule has 2 aromatic carbocycles. The average molecular weight is 421 g/mol. The molecule has 2 aromatic heterocycles. The number of aromatic nitrogens is 2. The van der Waals surface area contributed by atoms with Crippen LogP contribution in [0.1, 0.15) is 52.7 Å². The third kappa shape index (κ3) is 4.80.